The van der Waals surface area contributed by atoms with E-state index in [0.717, 1.165) is 22.5 Å². The molecule has 5 nitrogen and oxygen atoms in total. The van der Waals surface area contributed by atoms with Gasteiger partial charge in [-0.15, -0.1) is 11.3 Å². The fourth-order valence-electron chi connectivity index (χ4n) is 3.05. The van der Waals surface area contributed by atoms with E-state index in [1.165, 1.54) is 16.9 Å². The van der Waals surface area contributed by atoms with Crippen LogP contribution in [-0.4, -0.2) is 19.9 Å². The number of amides is 1. The number of thiophene rings is 1. The largest absolute Gasteiger partial charge is 0.305 e. The Labute approximate surface area is 152 Å². The zero-order chi connectivity index (χ0) is 17.6. The summed E-state index contributed by atoms with van der Waals surface area (Å²) in [6, 6.07) is 9.75. The van der Waals surface area contributed by atoms with Crippen LogP contribution in [0.2, 0.25) is 0 Å². The van der Waals surface area contributed by atoms with Crippen LogP contribution < -0.4 is 5.32 Å². The zero-order valence-corrected chi connectivity index (χ0v) is 15.5. The van der Waals surface area contributed by atoms with E-state index >= 15 is 0 Å². The first-order valence-corrected chi connectivity index (χ1v) is 10.3. The Kier molecular flexibility index (Phi) is 4.05. The molecule has 1 aliphatic heterocycles. The molecule has 0 saturated carbocycles. The summed E-state index contributed by atoms with van der Waals surface area (Å²) in [5, 5.41) is 9.51. The standard InChI is InChI=1S/C18H17N3O2S2/c1-11-5-6-15(12(2)8-11)21-17(13-9-25(23)10-14(13)20-21)19-18(22)16-4-3-7-24-16/h3-8H,9-10H2,1-2H3,(H,19,22)/t25-/m1/s1. The maximum Gasteiger partial charge on any atom is 0.266 e. The second-order valence-electron chi connectivity index (χ2n) is 6.14. The Balaban J connectivity index is 1.81. The van der Waals surface area contributed by atoms with Crippen molar-refractivity contribution in [2.75, 3.05) is 5.32 Å². The minimum Gasteiger partial charge on any atom is -0.305 e. The summed E-state index contributed by atoms with van der Waals surface area (Å²) in [5.41, 5.74) is 4.86. The van der Waals surface area contributed by atoms with Crippen molar-refractivity contribution in [3.8, 4) is 5.69 Å². The van der Waals surface area contributed by atoms with Gasteiger partial charge in [0.2, 0.25) is 0 Å². The second kappa shape index (κ2) is 6.24. The molecule has 0 spiro atoms. The first kappa shape index (κ1) is 16.2. The van der Waals surface area contributed by atoms with Crippen molar-refractivity contribution in [1.82, 2.24) is 9.78 Å². The quantitative estimate of drug-likeness (QED) is 0.766. The van der Waals surface area contributed by atoms with E-state index in [4.69, 9.17) is 0 Å². The molecule has 1 amide bonds. The third-order valence-electron chi connectivity index (χ3n) is 4.23. The van der Waals surface area contributed by atoms with Crippen LogP contribution in [0, 0.1) is 13.8 Å². The van der Waals surface area contributed by atoms with Gasteiger partial charge in [0.25, 0.3) is 5.91 Å². The highest BCUT2D eigenvalue weighted by atomic mass is 32.2. The highest BCUT2D eigenvalue weighted by molar-refractivity contribution is 7.83. The average Bonchev–Trinajstić information content (AvgIpc) is 3.25. The smallest absolute Gasteiger partial charge is 0.266 e. The Hall–Kier alpha value is -2.25. The number of rotatable bonds is 3. The summed E-state index contributed by atoms with van der Waals surface area (Å²) in [6.07, 6.45) is 0. The fraction of sp³-hybridized carbons (Fsp3) is 0.222. The van der Waals surface area contributed by atoms with Gasteiger partial charge in [-0.3, -0.25) is 9.00 Å². The third kappa shape index (κ3) is 2.94. The van der Waals surface area contributed by atoms with Crippen molar-refractivity contribution in [3.05, 3.63) is 63.0 Å². The monoisotopic (exact) mass is 371 g/mol. The summed E-state index contributed by atoms with van der Waals surface area (Å²) in [6.45, 7) is 4.07. The number of carbonyl (C=O) groups excluding carboxylic acids is 1. The second-order valence-corrected chi connectivity index (χ2v) is 8.54. The first-order valence-electron chi connectivity index (χ1n) is 7.91. The lowest BCUT2D eigenvalue weighted by Gasteiger charge is -2.13. The molecule has 0 aliphatic carbocycles. The zero-order valence-electron chi connectivity index (χ0n) is 13.9. The van der Waals surface area contributed by atoms with E-state index in [2.05, 4.69) is 16.5 Å². The highest BCUT2D eigenvalue weighted by Crippen LogP contribution is 2.32. The molecule has 1 N–H and O–H groups in total. The van der Waals surface area contributed by atoms with Crippen LogP contribution in [0.4, 0.5) is 5.82 Å². The van der Waals surface area contributed by atoms with E-state index < -0.39 is 10.8 Å². The van der Waals surface area contributed by atoms with Gasteiger partial charge in [-0.05, 0) is 36.9 Å². The molecule has 25 heavy (non-hydrogen) atoms. The number of carbonyl (C=O) groups is 1. The Morgan fingerprint density at radius 1 is 1.28 bits per heavy atom. The molecular formula is C18H17N3O2S2. The Morgan fingerprint density at radius 3 is 2.84 bits per heavy atom. The first-order chi connectivity index (χ1) is 12.0. The van der Waals surface area contributed by atoms with Gasteiger partial charge in [-0.2, -0.15) is 5.10 Å². The molecule has 0 saturated heterocycles. The van der Waals surface area contributed by atoms with E-state index in [1.807, 2.05) is 37.4 Å². The number of hydrogen-bond donors (Lipinski definition) is 1. The highest BCUT2D eigenvalue weighted by Gasteiger charge is 2.29. The molecular weight excluding hydrogens is 354 g/mol. The fourth-order valence-corrected chi connectivity index (χ4v) is 4.93. The lowest BCUT2D eigenvalue weighted by atomic mass is 10.1. The number of nitrogens with one attached hydrogen (secondary N) is 1. The lowest BCUT2D eigenvalue weighted by Crippen LogP contribution is -2.16. The predicted molar refractivity (Wildman–Crippen MR) is 101 cm³/mol. The van der Waals surface area contributed by atoms with Crippen LogP contribution in [0.1, 0.15) is 32.1 Å². The van der Waals surface area contributed by atoms with Gasteiger partial charge in [0.1, 0.15) is 5.82 Å². The molecule has 1 aromatic carbocycles. The van der Waals surface area contributed by atoms with Crippen LogP contribution in [0.3, 0.4) is 0 Å². The Morgan fingerprint density at radius 2 is 2.12 bits per heavy atom. The number of fused-ring (bicyclic) bond motifs is 1. The van der Waals surface area contributed by atoms with E-state index in [-0.39, 0.29) is 5.91 Å². The SMILES string of the molecule is Cc1ccc(-n2nc3c(c2NC(=O)c2cccs2)C[S@@](=O)C3)c(C)c1. The topological polar surface area (TPSA) is 64.0 Å². The van der Waals surface area contributed by atoms with Gasteiger partial charge in [-0.1, -0.05) is 23.8 Å². The summed E-state index contributed by atoms with van der Waals surface area (Å²) >= 11 is 1.39. The maximum absolute atomic E-state index is 12.6. The predicted octanol–water partition coefficient (Wildman–Crippen LogP) is 3.57. The Bertz CT molecular complexity index is 990. The van der Waals surface area contributed by atoms with Crippen LogP contribution in [0.25, 0.3) is 5.69 Å². The molecule has 7 heteroatoms. The molecule has 1 aliphatic rings. The van der Waals surface area contributed by atoms with Crippen molar-refractivity contribution in [1.29, 1.82) is 0 Å². The van der Waals surface area contributed by atoms with E-state index in [0.29, 0.717) is 22.2 Å². The third-order valence-corrected chi connectivity index (χ3v) is 6.30. The average molecular weight is 371 g/mol. The van der Waals surface area contributed by atoms with Crippen molar-refractivity contribution in [3.63, 3.8) is 0 Å². The minimum atomic E-state index is -0.948. The van der Waals surface area contributed by atoms with Crippen LogP contribution >= 0.6 is 11.3 Å². The maximum atomic E-state index is 12.6. The number of anilines is 1. The van der Waals surface area contributed by atoms with Crippen molar-refractivity contribution in [2.24, 2.45) is 0 Å². The van der Waals surface area contributed by atoms with Gasteiger partial charge >= 0.3 is 0 Å². The summed E-state index contributed by atoms with van der Waals surface area (Å²) in [7, 11) is -0.948. The lowest BCUT2D eigenvalue weighted by molar-refractivity contribution is 0.102. The van der Waals surface area contributed by atoms with Crippen LogP contribution in [-0.2, 0) is 22.3 Å². The number of aryl methyl sites for hydroxylation is 2. The molecule has 3 aromatic rings. The summed E-state index contributed by atoms with van der Waals surface area (Å²) in [5.74, 6) is 1.34. The summed E-state index contributed by atoms with van der Waals surface area (Å²) < 4.78 is 13.7. The van der Waals surface area contributed by atoms with Crippen LogP contribution in [0.5, 0.6) is 0 Å². The van der Waals surface area contributed by atoms with Gasteiger partial charge in [-0.25, -0.2) is 4.68 Å². The molecule has 128 valence electrons. The number of hydrogen-bond acceptors (Lipinski definition) is 4. The van der Waals surface area contributed by atoms with Crippen molar-refractivity contribution < 1.29 is 9.00 Å². The molecule has 0 radical (unpaired) electrons. The van der Waals surface area contributed by atoms with Crippen molar-refractivity contribution >= 4 is 33.9 Å². The van der Waals surface area contributed by atoms with Gasteiger partial charge in [0.05, 0.1) is 27.8 Å². The normalized spacial score (nSPS) is 16.0. The molecule has 0 bridgehead atoms. The number of benzene rings is 1. The van der Waals surface area contributed by atoms with Gasteiger partial charge in [0.15, 0.2) is 0 Å². The molecule has 4 rings (SSSR count). The van der Waals surface area contributed by atoms with Crippen LogP contribution in [0.15, 0.2) is 35.7 Å². The van der Waals surface area contributed by atoms with Gasteiger partial charge in [0, 0.05) is 16.4 Å². The molecule has 3 heterocycles. The van der Waals surface area contributed by atoms with E-state index in [1.54, 1.807) is 10.7 Å². The summed E-state index contributed by atoms with van der Waals surface area (Å²) in [4.78, 5) is 13.2. The molecule has 1 atom stereocenters. The molecule has 0 fully saturated rings. The minimum absolute atomic E-state index is 0.165. The number of aromatic nitrogens is 2. The van der Waals surface area contributed by atoms with Gasteiger partial charge < -0.3 is 5.32 Å². The van der Waals surface area contributed by atoms with Crippen molar-refractivity contribution in [2.45, 2.75) is 25.4 Å². The number of nitrogens with zero attached hydrogens (tertiary/aromatic N) is 2. The van der Waals surface area contributed by atoms with E-state index in [9.17, 15) is 9.00 Å². The molecule has 0 unspecified atom stereocenters. The molecule has 2 aromatic heterocycles.